The van der Waals surface area contributed by atoms with Crippen molar-refractivity contribution in [3.63, 3.8) is 0 Å². The Labute approximate surface area is 165 Å². The molecule has 1 aromatic carbocycles. The van der Waals surface area contributed by atoms with Gasteiger partial charge in [-0.2, -0.15) is 0 Å². The van der Waals surface area contributed by atoms with E-state index in [0.717, 1.165) is 40.8 Å². The molecule has 0 saturated carbocycles. The molecule has 144 valence electrons. The summed E-state index contributed by atoms with van der Waals surface area (Å²) in [6.45, 7) is 4.73. The smallest absolute Gasteiger partial charge is 0.319 e. The Morgan fingerprint density at radius 1 is 1.11 bits per heavy atom. The molecule has 1 aliphatic rings. The number of pyridine rings is 1. The number of nitrogens with zero attached hydrogens (tertiary/aromatic N) is 2. The van der Waals surface area contributed by atoms with Gasteiger partial charge < -0.3 is 15.5 Å². The molecule has 2 heterocycles. The third-order valence-electron chi connectivity index (χ3n) is 4.63. The van der Waals surface area contributed by atoms with Crippen LogP contribution in [0, 0.1) is 0 Å². The van der Waals surface area contributed by atoms with E-state index in [0.29, 0.717) is 6.54 Å². The van der Waals surface area contributed by atoms with E-state index < -0.39 is 0 Å². The zero-order chi connectivity index (χ0) is 18.9. The highest BCUT2D eigenvalue weighted by molar-refractivity contribution is 7.99. The van der Waals surface area contributed by atoms with Crippen molar-refractivity contribution in [1.29, 1.82) is 0 Å². The van der Waals surface area contributed by atoms with Gasteiger partial charge in [0.2, 0.25) is 0 Å². The molecule has 3 rings (SSSR count). The van der Waals surface area contributed by atoms with Crippen LogP contribution in [0.4, 0.5) is 16.3 Å². The van der Waals surface area contributed by atoms with Crippen molar-refractivity contribution >= 4 is 29.3 Å². The molecule has 0 atom stereocenters. The summed E-state index contributed by atoms with van der Waals surface area (Å²) < 4.78 is 0. The van der Waals surface area contributed by atoms with Gasteiger partial charge in [0.05, 0.1) is 5.69 Å². The van der Waals surface area contributed by atoms with Gasteiger partial charge in [0, 0.05) is 30.7 Å². The summed E-state index contributed by atoms with van der Waals surface area (Å²) in [5, 5.41) is 5.85. The van der Waals surface area contributed by atoms with Crippen LogP contribution in [0.5, 0.6) is 0 Å². The van der Waals surface area contributed by atoms with Crippen LogP contribution in [0.2, 0.25) is 0 Å². The minimum atomic E-state index is -0.198. The Kier molecular flexibility index (Phi) is 7.39. The molecule has 1 saturated heterocycles. The Morgan fingerprint density at radius 3 is 2.59 bits per heavy atom. The normalized spacial score (nSPS) is 14.5. The molecule has 6 heteroatoms. The predicted molar refractivity (Wildman–Crippen MR) is 114 cm³/mol. The van der Waals surface area contributed by atoms with Crippen molar-refractivity contribution in [2.45, 2.75) is 44.0 Å². The summed E-state index contributed by atoms with van der Waals surface area (Å²) in [6, 6.07) is 11.8. The first-order valence-corrected chi connectivity index (χ1v) is 10.7. The minimum Gasteiger partial charge on any atom is -0.357 e. The lowest BCUT2D eigenvalue weighted by molar-refractivity contribution is 0.251. The van der Waals surface area contributed by atoms with Crippen LogP contribution in [-0.4, -0.2) is 29.9 Å². The molecule has 2 amide bonds. The van der Waals surface area contributed by atoms with Gasteiger partial charge in [-0.25, -0.2) is 9.78 Å². The van der Waals surface area contributed by atoms with E-state index in [1.165, 1.54) is 25.7 Å². The number of urea groups is 1. The summed E-state index contributed by atoms with van der Waals surface area (Å²) in [7, 11) is 0. The van der Waals surface area contributed by atoms with Gasteiger partial charge >= 0.3 is 6.03 Å². The third kappa shape index (κ3) is 5.89. The topological polar surface area (TPSA) is 57.3 Å². The van der Waals surface area contributed by atoms with Gasteiger partial charge in [-0.15, -0.1) is 11.8 Å². The third-order valence-corrected chi connectivity index (χ3v) is 5.58. The van der Waals surface area contributed by atoms with Gasteiger partial charge in [0.15, 0.2) is 0 Å². The average molecular weight is 385 g/mol. The first-order valence-electron chi connectivity index (χ1n) is 9.73. The Balaban J connectivity index is 1.51. The number of hydrogen-bond acceptors (Lipinski definition) is 4. The predicted octanol–water partition coefficient (Wildman–Crippen LogP) is 4.90. The summed E-state index contributed by atoms with van der Waals surface area (Å²) in [5.74, 6) is 2.01. The number of thioether (sulfide) groups is 1. The molecule has 2 N–H and O–H groups in total. The molecular formula is C21H28N4OS. The summed E-state index contributed by atoms with van der Waals surface area (Å²) in [6.07, 6.45) is 6.97. The molecule has 1 aliphatic heterocycles. The molecule has 2 aromatic rings. The highest BCUT2D eigenvalue weighted by Crippen LogP contribution is 2.26. The number of carbonyl (C=O) groups excluding carboxylic acids is 1. The Bertz CT molecular complexity index is 727. The van der Waals surface area contributed by atoms with Crippen LogP contribution < -0.4 is 15.5 Å². The van der Waals surface area contributed by atoms with E-state index >= 15 is 0 Å². The van der Waals surface area contributed by atoms with Crippen LogP contribution in [0.25, 0.3) is 0 Å². The maximum atomic E-state index is 12.2. The number of rotatable bonds is 6. The van der Waals surface area contributed by atoms with Gasteiger partial charge in [0.25, 0.3) is 0 Å². The standard InChI is InChI=1S/C21H28N4OS/c1-2-27-19-10-6-5-9-18(19)24-21(26)23-16-17-11-12-20(22-15-17)25-13-7-3-4-8-14-25/h5-6,9-12,15H,2-4,7-8,13-14,16H2,1H3,(H2,23,24,26). The van der Waals surface area contributed by atoms with Crippen molar-refractivity contribution in [2.75, 3.05) is 29.1 Å². The Morgan fingerprint density at radius 2 is 1.89 bits per heavy atom. The van der Waals surface area contributed by atoms with E-state index in [2.05, 4.69) is 33.5 Å². The fraction of sp³-hybridized carbons (Fsp3) is 0.429. The minimum absolute atomic E-state index is 0.198. The van der Waals surface area contributed by atoms with Crippen molar-refractivity contribution < 1.29 is 4.79 Å². The molecule has 0 radical (unpaired) electrons. The fourth-order valence-electron chi connectivity index (χ4n) is 3.21. The monoisotopic (exact) mass is 384 g/mol. The second kappa shape index (κ2) is 10.2. The fourth-order valence-corrected chi connectivity index (χ4v) is 3.97. The number of para-hydroxylation sites is 1. The van der Waals surface area contributed by atoms with E-state index in [1.807, 2.05) is 36.5 Å². The van der Waals surface area contributed by atoms with Gasteiger partial charge in [-0.1, -0.05) is 38.0 Å². The molecule has 1 aromatic heterocycles. The lowest BCUT2D eigenvalue weighted by Crippen LogP contribution is -2.28. The summed E-state index contributed by atoms with van der Waals surface area (Å²) in [5.41, 5.74) is 1.84. The molecule has 1 fully saturated rings. The summed E-state index contributed by atoms with van der Waals surface area (Å²) >= 11 is 1.72. The number of anilines is 2. The maximum absolute atomic E-state index is 12.2. The molecule has 0 aliphatic carbocycles. The molecule has 27 heavy (non-hydrogen) atoms. The lowest BCUT2D eigenvalue weighted by atomic mass is 10.2. The summed E-state index contributed by atoms with van der Waals surface area (Å²) in [4.78, 5) is 20.3. The quantitative estimate of drug-likeness (QED) is 0.696. The Hall–Kier alpha value is -2.21. The van der Waals surface area contributed by atoms with Crippen molar-refractivity contribution in [3.8, 4) is 0 Å². The molecule has 0 spiro atoms. The van der Waals surface area contributed by atoms with Crippen LogP contribution >= 0.6 is 11.8 Å². The van der Waals surface area contributed by atoms with E-state index in [1.54, 1.807) is 11.8 Å². The van der Waals surface area contributed by atoms with Crippen LogP contribution in [0.15, 0.2) is 47.5 Å². The maximum Gasteiger partial charge on any atom is 0.319 e. The second-order valence-corrected chi connectivity index (χ2v) is 7.97. The van der Waals surface area contributed by atoms with E-state index in [4.69, 9.17) is 0 Å². The van der Waals surface area contributed by atoms with Crippen molar-refractivity contribution in [3.05, 3.63) is 48.2 Å². The number of nitrogens with one attached hydrogen (secondary N) is 2. The van der Waals surface area contributed by atoms with Crippen LogP contribution in [0.3, 0.4) is 0 Å². The number of carbonyl (C=O) groups is 1. The zero-order valence-electron chi connectivity index (χ0n) is 15.9. The number of aromatic nitrogens is 1. The molecule has 0 bridgehead atoms. The lowest BCUT2D eigenvalue weighted by Gasteiger charge is -2.21. The van der Waals surface area contributed by atoms with Crippen molar-refractivity contribution in [1.82, 2.24) is 10.3 Å². The number of benzene rings is 1. The number of amides is 2. The van der Waals surface area contributed by atoms with E-state index in [9.17, 15) is 4.79 Å². The molecule has 5 nitrogen and oxygen atoms in total. The highest BCUT2D eigenvalue weighted by atomic mass is 32.2. The van der Waals surface area contributed by atoms with E-state index in [-0.39, 0.29) is 6.03 Å². The largest absolute Gasteiger partial charge is 0.357 e. The zero-order valence-corrected chi connectivity index (χ0v) is 16.7. The SMILES string of the molecule is CCSc1ccccc1NC(=O)NCc1ccc(N2CCCCCC2)nc1. The van der Waals surface area contributed by atoms with Gasteiger partial charge in [0.1, 0.15) is 5.82 Å². The molecular weight excluding hydrogens is 356 g/mol. The second-order valence-electron chi connectivity index (χ2n) is 6.66. The first kappa shape index (κ1) is 19.5. The van der Waals surface area contributed by atoms with Gasteiger partial charge in [-0.05, 0) is 42.4 Å². The van der Waals surface area contributed by atoms with Crippen molar-refractivity contribution in [2.24, 2.45) is 0 Å². The average Bonchev–Trinajstić information content (AvgIpc) is 2.98. The van der Waals surface area contributed by atoms with Crippen LogP contribution in [-0.2, 0) is 6.54 Å². The number of hydrogen-bond donors (Lipinski definition) is 2. The first-order chi connectivity index (χ1) is 13.3. The highest BCUT2D eigenvalue weighted by Gasteiger charge is 2.11. The molecule has 0 unspecified atom stereocenters. The van der Waals surface area contributed by atoms with Gasteiger partial charge in [-0.3, -0.25) is 0 Å². The van der Waals surface area contributed by atoms with Crippen LogP contribution in [0.1, 0.15) is 38.2 Å².